The SMILES string of the molecule is CC(C)(C)[Si](OCC1C2CCC(=O)C21)(c1ccccc1)c1ccccc1. The predicted molar refractivity (Wildman–Crippen MR) is 108 cm³/mol. The van der Waals surface area contributed by atoms with E-state index in [0.717, 1.165) is 12.8 Å². The van der Waals surface area contributed by atoms with Gasteiger partial charge in [0, 0.05) is 18.9 Å². The van der Waals surface area contributed by atoms with E-state index in [-0.39, 0.29) is 11.0 Å². The summed E-state index contributed by atoms with van der Waals surface area (Å²) < 4.78 is 6.96. The van der Waals surface area contributed by atoms with Gasteiger partial charge in [-0.3, -0.25) is 4.79 Å². The highest BCUT2D eigenvalue weighted by molar-refractivity contribution is 6.99. The second-order valence-electron chi connectivity index (χ2n) is 8.83. The summed E-state index contributed by atoms with van der Waals surface area (Å²) in [6.07, 6.45) is 1.85. The zero-order chi connectivity index (χ0) is 18.4. The quantitative estimate of drug-likeness (QED) is 0.755. The van der Waals surface area contributed by atoms with E-state index in [1.807, 2.05) is 0 Å². The number of ketones is 1. The summed E-state index contributed by atoms with van der Waals surface area (Å²) in [5, 5.41) is 2.63. The van der Waals surface area contributed by atoms with E-state index in [4.69, 9.17) is 4.43 Å². The largest absolute Gasteiger partial charge is 0.407 e. The summed E-state index contributed by atoms with van der Waals surface area (Å²) in [7, 11) is -2.45. The number of fused-ring (bicyclic) bond motifs is 1. The maximum Gasteiger partial charge on any atom is 0.261 e. The third kappa shape index (κ3) is 2.78. The first kappa shape index (κ1) is 17.7. The average molecular weight is 365 g/mol. The average Bonchev–Trinajstić information content (AvgIpc) is 3.20. The Morgan fingerprint density at radius 2 is 1.50 bits per heavy atom. The molecule has 2 aliphatic rings. The van der Waals surface area contributed by atoms with Crippen molar-refractivity contribution in [2.75, 3.05) is 6.61 Å². The molecule has 0 heterocycles. The Morgan fingerprint density at radius 3 is 1.92 bits per heavy atom. The van der Waals surface area contributed by atoms with E-state index >= 15 is 0 Å². The van der Waals surface area contributed by atoms with E-state index < -0.39 is 8.32 Å². The minimum absolute atomic E-state index is 0.00369. The van der Waals surface area contributed by atoms with Gasteiger partial charge in [-0.05, 0) is 33.7 Å². The van der Waals surface area contributed by atoms with Crippen LogP contribution in [0.15, 0.2) is 60.7 Å². The molecule has 0 aromatic heterocycles. The van der Waals surface area contributed by atoms with E-state index in [1.165, 1.54) is 10.4 Å². The lowest BCUT2D eigenvalue weighted by Gasteiger charge is -2.43. The molecule has 3 heteroatoms. The monoisotopic (exact) mass is 364 g/mol. The Morgan fingerprint density at radius 1 is 0.962 bits per heavy atom. The first-order valence-corrected chi connectivity index (χ1v) is 11.6. The van der Waals surface area contributed by atoms with Crippen molar-refractivity contribution in [3.8, 4) is 0 Å². The number of hydrogen-bond acceptors (Lipinski definition) is 2. The van der Waals surface area contributed by atoms with Gasteiger partial charge >= 0.3 is 0 Å². The van der Waals surface area contributed by atoms with Crippen LogP contribution < -0.4 is 10.4 Å². The summed E-state index contributed by atoms with van der Waals surface area (Å²) in [6.45, 7) is 7.63. The van der Waals surface area contributed by atoms with Gasteiger partial charge in [0.25, 0.3) is 8.32 Å². The molecule has 0 aliphatic heterocycles. The van der Waals surface area contributed by atoms with Crippen molar-refractivity contribution >= 4 is 24.5 Å². The first-order chi connectivity index (χ1) is 12.4. The van der Waals surface area contributed by atoms with Gasteiger partial charge in [-0.15, -0.1) is 0 Å². The van der Waals surface area contributed by atoms with Gasteiger partial charge in [-0.1, -0.05) is 81.4 Å². The molecule has 0 saturated heterocycles. The van der Waals surface area contributed by atoms with E-state index in [1.54, 1.807) is 0 Å². The van der Waals surface area contributed by atoms with Crippen LogP contribution >= 0.6 is 0 Å². The molecule has 3 atom stereocenters. The second-order valence-corrected chi connectivity index (χ2v) is 13.1. The van der Waals surface area contributed by atoms with Crippen LogP contribution in [-0.4, -0.2) is 20.7 Å². The minimum Gasteiger partial charge on any atom is -0.407 e. The third-order valence-corrected chi connectivity index (χ3v) is 11.3. The molecule has 2 fully saturated rings. The van der Waals surface area contributed by atoms with Gasteiger partial charge in [-0.2, -0.15) is 0 Å². The number of benzene rings is 2. The molecule has 0 bridgehead atoms. The van der Waals surface area contributed by atoms with Crippen LogP contribution in [-0.2, 0) is 9.22 Å². The number of Topliss-reactive ketones (excluding diaryl/α,β-unsaturated/α-hetero) is 1. The molecule has 136 valence electrons. The molecule has 0 amide bonds. The first-order valence-electron chi connectivity index (χ1n) is 9.73. The van der Waals surface area contributed by atoms with Gasteiger partial charge in [0.2, 0.25) is 0 Å². The van der Waals surface area contributed by atoms with Crippen molar-refractivity contribution in [2.24, 2.45) is 17.8 Å². The highest BCUT2D eigenvalue weighted by Crippen LogP contribution is 2.56. The van der Waals surface area contributed by atoms with Crippen molar-refractivity contribution in [1.82, 2.24) is 0 Å². The summed E-state index contributed by atoms with van der Waals surface area (Å²) in [5.74, 6) is 1.78. The van der Waals surface area contributed by atoms with E-state index in [2.05, 4.69) is 81.4 Å². The maximum absolute atomic E-state index is 12.0. The maximum atomic E-state index is 12.0. The molecular formula is C23H28O2Si. The molecule has 0 radical (unpaired) electrons. The molecule has 3 unspecified atom stereocenters. The number of carbonyl (C=O) groups excluding carboxylic acids is 1. The lowest BCUT2D eigenvalue weighted by molar-refractivity contribution is -0.119. The Labute approximate surface area is 157 Å². The van der Waals surface area contributed by atoms with E-state index in [9.17, 15) is 4.79 Å². The topological polar surface area (TPSA) is 26.3 Å². The standard InChI is InChI=1S/C23H28O2Si/c1-23(2,3)26(17-10-6-4-7-11-17,18-12-8-5-9-13-18)25-16-20-19-14-15-21(24)22(19)20/h4-13,19-20,22H,14-16H2,1-3H3. The minimum atomic E-state index is -2.45. The Balaban J connectivity index is 1.72. The van der Waals surface area contributed by atoms with Crippen LogP contribution in [0.1, 0.15) is 33.6 Å². The zero-order valence-electron chi connectivity index (χ0n) is 15.9. The van der Waals surface area contributed by atoms with Crippen LogP contribution in [0.3, 0.4) is 0 Å². The van der Waals surface area contributed by atoms with Crippen molar-refractivity contribution < 1.29 is 9.22 Å². The van der Waals surface area contributed by atoms with Gasteiger partial charge in [0.15, 0.2) is 0 Å². The third-order valence-electron chi connectivity index (χ3n) is 6.34. The zero-order valence-corrected chi connectivity index (χ0v) is 16.9. The fourth-order valence-electron chi connectivity index (χ4n) is 5.00. The molecule has 4 rings (SSSR count). The highest BCUT2D eigenvalue weighted by Gasteiger charge is 2.59. The smallest absolute Gasteiger partial charge is 0.261 e. The molecule has 0 N–H and O–H groups in total. The fourth-order valence-corrected chi connectivity index (χ4v) is 9.60. The Kier molecular flexibility index (Phi) is 4.40. The lowest BCUT2D eigenvalue weighted by atomic mass is 10.1. The van der Waals surface area contributed by atoms with Crippen molar-refractivity contribution in [3.05, 3.63) is 60.7 Å². The lowest BCUT2D eigenvalue weighted by Crippen LogP contribution is -2.66. The van der Waals surface area contributed by atoms with E-state index in [0.29, 0.717) is 24.2 Å². The predicted octanol–water partition coefficient (Wildman–Crippen LogP) is 3.79. The van der Waals surface area contributed by atoms with Gasteiger partial charge in [0.1, 0.15) is 5.78 Å². The number of hydrogen-bond donors (Lipinski definition) is 0. The van der Waals surface area contributed by atoms with Crippen LogP contribution in [0.4, 0.5) is 0 Å². The van der Waals surface area contributed by atoms with Crippen molar-refractivity contribution in [2.45, 2.75) is 38.7 Å². The van der Waals surface area contributed by atoms with Crippen molar-refractivity contribution in [1.29, 1.82) is 0 Å². The summed E-state index contributed by atoms with van der Waals surface area (Å²) in [5.41, 5.74) is 0. The normalized spacial score (nSPS) is 25.2. The molecule has 2 aromatic rings. The molecule has 26 heavy (non-hydrogen) atoms. The Bertz CT molecular complexity index is 739. The molecule has 2 aliphatic carbocycles. The molecule has 2 nitrogen and oxygen atoms in total. The molecule has 2 saturated carbocycles. The van der Waals surface area contributed by atoms with Crippen LogP contribution in [0.2, 0.25) is 5.04 Å². The van der Waals surface area contributed by atoms with Gasteiger partial charge in [0.05, 0.1) is 0 Å². The number of carbonyl (C=O) groups is 1. The summed E-state index contributed by atoms with van der Waals surface area (Å²) >= 11 is 0. The Hall–Kier alpha value is -1.71. The van der Waals surface area contributed by atoms with Gasteiger partial charge in [-0.25, -0.2) is 0 Å². The fraction of sp³-hybridized carbons (Fsp3) is 0.435. The second kappa shape index (κ2) is 6.47. The highest BCUT2D eigenvalue weighted by atomic mass is 28.4. The van der Waals surface area contributed by atoms with Crippen molar-refractivity contribution in [3.63, 3.8) is 0 Å². The van der Waals surface area contributed by atoms with Crippen LogP contribution in [0.5, 0.6) is 0 Å². The summed E-state index contributed by atoms with van der Waals surface area (Å²) in [4.78, 5) is 12.0. The molecule has 0 spiro atoms. The summed E-state index contributed by atoms with van der Waals surface area (Å²) in [6, 6.07) is 21.5. The van der Waals surface area contributed by atoms with Crippen LogP contribution in [0.25, 0.3) is 0 Å². The molecule has 2 aromatic carbocycles. The van der Waals surface area contributed by atoms with Crippen LogP contribution in [0, 0.1) is 17.8 Å². The van der Waals surface area contributed by atoms with Gasteiger partial charge < -0.3 is 4.43 Å². The molecular weight excluding hydrogens is 336 g/mol. The number of rotatable bonds is 5.